The number of cyclic esters (lactones) is 1. The average Bonchev–Trinajstić information content (AvgIpc) is 2.97. The second kappa shape index (κ2) is 6.55. The van der Waals surface area contributed by atoms with Gasteiger partial charge in [-0.05, 0) is 30.7 Å². The summed E-state index contributed by atoms with van der Waals surface area (Å²) in [6.07, 6.45) is -0.580. The van der Waals surface area contributed by atoms with Gasteiger partial charge in [0.2, 0.25) is 0 Å². The summed E-state index contributed by atoms with van der Waals surface area (Å²) in [7, 11) is 6.24. The first-order valence-corrected chi connectivity index (χ1v) is 7.73. The van der Waals surface area contributed by atoms with Crippen LogP contribution in [0, 0.1) is 6.92 Å². The maximum atomic E-state index is 12.4. The van der Waals surface area contributed by atoms with Crippen molar-refractivity contribution in [3.05, 3.63) is 46.5 Å². The molecule has 0 saturated carbocycles. The summed E-state index contributed by atoms with van der Waals surface area (Å²) < 4.78 is 27.1. The molecule has 2 aromatic carbocycles. The zero-order chi connectivity index (χ0) is 18.1. The molecule has 25 heavy (non-hydrogen) atoms. The highest BCUT2D eigenvalue weighted by molar-refractivity contribution is 5.96. The molecule has 1 aliphatic heterocycles. The van der Waals surface area contributed by atoms with Crippen LogP contribution in [-0.4, -0.2) is 34.4 Å². The van der Waals surface area contributed by atoms with Crippen LogP contribution in [0.25, 0.3) is 0 Å². The van der Waals surface area contributed by atoms with E-state index in [1.807, 2.05) is 19.1 Å². The molecule has 0 radical (unpaired) electrons. The molecule has 1 heterocycles. The summed E-state index contributed by atoms with van der Waals surface area (Å²) in [4.78, 5) is 12.4. The molecule has 6 nitrogen and oxygen atoms in total. The predicted molar refractivity (Wildman–Crippen MR) is 91.1 cm³/mol. The zero-order valence-electron chi connectivity index (χ0n) is 14.8. The fourth-order valence-electron chi connectivity index (χ4n) is 3.05. The topological polar surface area (TPSA) is 63.2 Å². The Morgan fingerprint density at radius 1 is 0.840 bits per heavy atom. The molecule has 0 aliphatic carbocycles. The van der Waals surface area contributed by atoms with Crippen LogP contribution in [-0.2, 0) is 4.74 Å². The van der Waals surface area contributed by atoms with Crippen molar-refractivity contribution in [2.45, 2.75) is 13.0 Å². The van der Waals surface area contributed by atoms with Gasteiger partial charge in [0.25, 0.3) is 0 Å². The smallest absolute Gasteiger partial charge is 0.339 e. The number of hydrogen-bond acceptors (Lipinski definition) is 6. The lowest BCUT2D eigenvalue weighted by Crippen LogP contribution is -2.05. The summed E-state index contributed by atoms with van der Waals surface area (Å²) in [5.74, 6) is 1.86. The van der Waals surface area contributed by atoms with Crippen LogP contribution in [0.3, 0.4) is 0 Å². The van der Waals surface area contributed by atoms with Gasteiger partial charge in [0.15, 0.2) is 17.6 Å². The van der Waals surface area contributed by atoms with Gasteiger partial charge in [-0.25, -0.2) is 4.79 Å². The molecule has 0 bridgehead atoms. The molecular formula is C19H20O6. The highest BCUT2D eigenvalue weighted by atomic mass is 16.6. The van der Waals surface area contributed by atoms with E-state index in [4.69, 9.17) is 23.7 Å². The van der Waals surface area contributed by atoms with E-state index in [2.05, 4.69) is 0 Å². The van der Waals surface area contributed by atoms with Crippen LogP contribution in [0.5, 0.6) is 23.0 Å². The van der Waals surface area contributed by atoms with Crippen molar-refractivity contribution < 1.29 is 28.5 Å². The van der Waals surface area contributed by atoms with E-state index in [-0.39, 0.29) is 0 Å². The third-order valence-corrected chi connectivity index (χ3v) is 4.33. The van der Waals surface area contributed by atoms with Crippen molar-refractivity contribution in [1.29, 1.82) is 0 Å². The molecule has 1 atom stereocenters. The maximum absolute atomic E-state index is 12.4. The van der Waals surface area contributed by atoms with Crippen molar-refractivity contribution in [1.82, 2.24) is 0 Å². The summed E-state index contributed by atoms with van der Waals surface area (Å²) in [6, 6.07) is 7.08. The fraction of sp³-hybridized carbons (Fsp3) is 0.316. The highest BCUT2D eigenvalue weighted by Crippen LogP contribution is 2.46. The largest absolute Gasteiger partial charge is 0.497 e. The van der Waals surface area contributed by atoms with Crippen LogP contribution >= 0.6 is 0 Å². The van der Waals surface area contributed by atoms with Crippen molar-refractivity contribution in [2.24, 2.45) is 0 Å². The number of fused-ring (bicyclic) bond motifs is 1. The quantitative estimate of drug-likeness (QED) is 0.776. The normalized spacial score (nSPS) is 15.4. The van der Waals surface area contributed by atoms with Gasteiger partial charge in [0.05, 0.1) is 39.6 Å². The second-order valence-corrected chi connectivity index (χ2v) is 5.64. The Kier molecular flexibility index (Phi) is 4.44. The first-order chi connectivity index (χ1) is 12.0. The average molecular weight is 344 g/mol. The van der Waals surface area contributed by atoms with Gasteiger partial charge in [-0.3, -0.25) is 0 Å². The second-order valence-electron chi connectivity index (χ2n) is 5.64. The lowest BCUT2D eigenvalue weighted by molar-refractivity contribution is 0.0453. The molecule has 6 heteroatoms. The van der Waals surface area contributed by atoms with E-state index in [1.54, 1.807) is 33.5 Å². The molecule has 132 valence electrons. The van der Waals surface area contributed by atoms with E-state index in [0.29, 0.717) is 34.1 Å². The Morgan fingerprint density at radius 3 is 2.08 bits per heavy atom. The molecule has 0 fully saturated rings. The number of carbonyl (C=O) groups is 1. The van der Waals surface area contributed by atoms with Crippen LogP contribution < -0.4 is 18.9 Å². The molecule has 3 rings (SSSR count). The van der Waals surface area contributed by atoms with E-state index in [9.17, 15) is 4.79 Å². The summed E-state index contributed by atoms with van der Waals surface area (Å²) >= 11 is 0. The van der Waals surface area contributed by atoms with Crippen LogP contribution in [0.15, 0.2) is 24.3 Å². The number of benzene rings is 2. The van der Waals surface area contributed by atoms with Gasteiger partial charge in [0, 0.05) is 11.6 Å². The predicted octanol–water partition coefficient (Wildman–Crippen LogP) is 3.29. The lowest BCUT2D eigenvalue weighted by atomic mass is 9.94. The van der Waals surface area contributed by atoms with Crippen LogP contribution in [0.1, 0.15) is 33.2 Å². The molecule has 0 saturated heterocycles. The maximum Gasteiger partial charge on any atom is 0.339 e. The van der Waals surface area contributed by atoms with Crippen molar-refractivity contribution >= 4 is 5.97 Å². The van der Waals surface area contributed by atoms with Gasteiger partial charge < -0.3 is 23.7 Å². The molecule has 0 spiro atoms. The Labute approximate surface area is 146 Å². The van der Waals surface area contributed by atoms with E-state index >= 15 is 0 Å². The molecule has 0 unspecified atom stereocenters. The van der Waals surface area contributed by atoms with E-state index in [1.165, 1.54) is 7.11 Å². The molecule has 0 N–H and O–H groups in total. The number of rotatable bonds is 5. The van der Waals surface area contributed by atoms with Gasteiger partial charge in [-0.1, -0.05) is 0 Å². The Morgan fingerprint density at radius 2 is 1.48 bits per heavy atom. The Balaban J connectivity index is 2.18. The minimum Gasteiger partial charge on any atom is -0.497 e. The molecule has 2 aromatic rings. The number of esters is 1. The number of ether oxygens (including phenoxy) is 5. The zero-order valence-corrected chi connectivity index (χ0v) is 14.8. The summed E-state index contributed by atoms with van der Waals surface area (Å²) in [5.41, 5.74) is 2.85. The van der Waals surface area contributed by atoms with Gasteiger partial charge in [-0.2, -0.15) is 0 Å². The van der Waals surface area contributed by atoms with Crippen molar-refractivity contribution in [2.75, 3.05) is 28.4 Å². The van der Waals surface area contributed by atoms with Gasteiger partial charge >= 0.3 is 5.97 Å². The van der Waals surface area contributed by atoms with Crippen LogP contribution in [0.4, 0.5) is 0 Å². The Hall–Kier alpha value is -2.89. The van der Waals surface area contributed by atoms with Crippen molar-refractivity contribution in [3.63, 3.8) is 0 Å². The fourth-order valence-corrected chi connectivity index (χ4v) is 3.05. The molecule has 0 amide bonds. The molecule has 0 aromatic heterocycles. The first-order valence-electron chi connectivity index (χ1n) is 7.73. The lowest BCUT2D eigenvalue weighted by Gasteiger charge is -2.19. The van der Waals surface area contributed by atoms with Crippen LogP contribution in [0.2, 0.25) is 0 Å². The monoisotopic (exact) mass is 344 g/mol. The summed E-state index contributed by atoms with van der Waals surface area (Å²) in [6.45, 7) is 1.93. The van der Waals surface area contributed by atoms with Gasteiger partial charge in [0.1, 0.15) is 11.5 Å². The number of hydrogen-bond donors (Lipinski definition) is 0. The van der Waals surface area contributed by atoms with Crippen molar-refractivity contribution in [3.8, 4) is 23.0 Å². The number of carbonyl (C=O) groups excluding carboxylic acids is 1. The van der Waals surface area contributed by atoms with Gasteiger partial charge in [-0.15, -0.1) is 0 Å². The molecular weight excluding hydrogens is 324 g/mol. The highest BCUT2D eigenvalue weighted by Gasteiger charge is 2.37. The third-order valence-electron chi connectivity index (χ3n) is 4.33. The van der Waals surface area contributed by atoms with E-state index < -0.39 is 12.1 Å². The van der Waals surface area contributed by atoms with E-state index in [0.717, 1.165) is 11.1 Å². The first kappa shape index (κ1) is 17.0. The Bertz CT molecular complexity index is 827. The summed E-state index contributed by atoms with van der Waals surface area (Å²) in [5, 5.41) is 0. The standard InChI is InChI=1S/C19H20O6/c1-10-6-14(22-3)15(23-4)9-12(10)18-17-13(19(20)25-18)7-11(21-2)8-16(17)24-5/h6-9,18H,1-5H3/t18-/m0/s1. The number of aryl methyl sites for hydroxylation is 1. The minimum absolute atomic E-state index is 0.411. The minimum atomic E-state index is -0.580. The SMILES string of the molecule is COc1cc(OC)c2c(c1)C(=O)O[C@H]2c1cc(OC)c(OC)cc1C. The molecule has 1 aliphatic rings. The number of methoxy groups -OCH3 is 4. The third kappa shape index (κ3) is 2.73.